The maximum Gasteiger partial charge on any atom is 0.416 e. The molecule has 2 N–H and O–H groups in total. The molecule has 1 aliphatic carbocycles. The molecule has 38 heavy (non-hydrogen) atoms. The van der Waals surface area contributed by atoms with E-state index in [-0.39, 0.29) is 49.5 Å². The van der Waals surface area contributed by atoms with Gasteiger partial charge in [-0.3, -0.25) is 9.59 Å². The van der Waals surface area contributed by atoms with Gasteiger partial charge in [-0.15, -0.1) is 0 Å². The Morgan fingerprint density at radius 3 is 2.16 bits per heavy atom. The molecule has 15 heteroatoms. The first-order valence-corrected chi connectivity index (χ1v) is 11.1. The minimum absolute atomic E-state index is 0. The van der Waals surface area contributed by atoms with Gasteiger partial charge in [-0.05, 0) is 49.6 Å². The van der Waals surface area contributed by atoms with Crippen molar-refractivity contribution in [3.63, 3.8) is 0 Å². The van der Waals surface area contributed by atoms with Crippen molar-refractivity contribution >= 4 is 31.0 Å². The fourth-order valence-corrected chi connectivity index (χ4v) is 3.52. The monoisotopic (exact) mass is 560 g/mol. The number of benzene rings is 1. The van der Waals surface area contributed by atoms with Crippen molar-refractivity contribution in [3.05, 3.63) is 65.4 Å². The Labute approximate surface area is 219 Å². The van der Waals surface area contributed by atoms with Crippen molar-refractivity contribution in [1.82, 2.24) is 25.1 Å². The lowest BCUT2D eigenvalue weighted by Gasteiger charge is -2.19. The Morgan fingerprint density at radius 2 is 1.66 bits per heavy atom. The van der Waals surface area contributed by atoms with Crippen LogP contribution in [0.4, 0.5) is 32.0 Å². The van der Waals surface area contributed by atoms with Gasteiger partial charge in [0.15, 0.2) is 11.6 Å². The van der Waals surface area contributed by atoms with Gasteiger partial charge < -0.3 is 10.6 Å². The van der Waals surface area contributed by atoms with Gasteiger partial charge in [-0.1, -0.05) is 6.92 Å². The number of nitrogens with one attached hydrogen (secondary N) is 2. The lowest BCUT2D eigenvalue weighted by molar-refractivity contribution is -0.143. The number of aromatic nitrogens is 4. The number of carbonyl (C=O) groups excluding carboxylic acids is 2. The number of pyridine rings is 1. The summed E-state index contributed by atoms with van der Waals surface area (Å²) in [6, 6.07) is 2.88. The molecule has 0 saturated heterocycles. The summed E-state index contributed by atoms with van der Waals surface area (Å²) in [6.45, 7) is 1.64. The smallest absolute Gasteiger partial charge is 0.342 e. The lowest BCUT2D eigenvalue weighted by atomic mass is 10.0. The van der Waals surface area contributed by atoms with Crippen LogP contribution in [-0.4, -0.2) is 31.6 Å². The van der Waals surface area contributed by atoms with Gasteiger partial charge in [-0.2, -0.15) is 49.6 Å². The van der Waals surface area contributed by atoms with E-state index in [1.807, 2.05) is 0 Å². The summed E-state index contributed by atoms with van der Waals surface area (Å²) in [5.74, 6) is -0.833. The van der Waals surface area contributed by atoms with Gasteiger partial charge in [0.25, 0.3) is 5.91 Å². The van der Waals surface area contributed by atoms with Crippen molar-refractivity contribution in [1.29, 1.82) is 0 Å². The molecular weight excluding hydrogens is 538 g/mol. The van der Waals surface area contributed by atoms with Crippen molar-refractivity contribution in [2.45, 2.75) is 44.6 Å². The van der Waals surface area contributed by atoms with E-state index >= 15 is 0 Å². The summed E-state index contributed by atoms with van der Waals surface area (Å²) in [6.07, 6.45) is -5.75. The summed E-state index contributed by atoms with van der Waals surface area (Å²) in [5, 5.41) is 9.23. The number of alkyl halides is 6. The van der Waals surface area contributed by atoms with Crippen molar-refractivity contribution in [3.8, 4) is 5.82 Å². The van der Waals surface area contributed by atoms with Crippen LogP contribution < -0.4 is 10.6 Å². The van der Waals surface area contributed by atoms with E-state index in [4.69, 9.17) is 0 Å². The summed E-state index contributed by atoms with van der Waals surface area (Å²) >= 11 is 0. The fourth-order valence-electron chi connectivity index (χ4n) is 3.52. The summed E-state index contributed by atoms with van der Waals surface area (Å²) in [5.41, 5.74) is -3.53. The van der Waals surface area contributed by atoms with Crippen LogP contribution in [0.25, 0.3) is 5.82 Å². The van der Waals surface area contributed by atoms with Gasteiger partial charge in [0.2, 0.25) is 5.91 Å². The minimum Gasteiger partial charge on any atom is -0.342 e. The predicted octanol–water partition coefficient (Wildman–Crippen LogP) is 5.04. The largest absolute Gasteiger partial charge is 0.416 e. The third kappa shape index (κ3) is 6.62. The maximum absolute atomic E-state index is 13.2. The molecule has 1 atom stereocenters. The molecule has 2 aromatic heterocycles. The Bertz CT molecular complexity index is 1270. The van der Waals surface area contributed by atoms with E-state index in [1.165, 1.54) is 23.3 Å². The van der Waals surface area contributed by atoms with Crippen molar-refractivity contribution in [2.24, 2.45) is 5.92 Å². The first-order chi connectivity index (χ1) is 17.4. The molecule has 1 saturated carbocycles. The normalized spacial score (nSPS) is 14.4. The van der Waals surface area contributed by atoms with E-state index < -0.39 is 41.0 Å². The second kappa shape index (κ2) is 11.0. The molecule has 0 unspecified atom stereocenters. The minimum atomic E-state index is -5.09. The van der Waals surface area contributed by atoms with Crippen LogP contribution in [0.3, 0.4) is 0 Å². The molecule has 1 fully saturated rings. The molecule has 1 aromatic carbocycles. The average Bonchev–Trinajstić information content (AvgIpc) is 3.59. The molecule has 4 rings (SSSR count). The number of nitrogens with zero attached hydrogens (tertiary/aromatic N) is 4. The highest BCUT2D eigenvalue weighted by Gasteiger charge is 2.38. The molecule has 204 valence electrons. The molecule has 0 radical (unpaired) electrons. The van der Waals surface area contributed by atoms with E-state index in [9.17, 15) is 35.9 Å². The molecule has 2 amide bonds. The number of carbonyl (C=O) groups is 2. The van der Waals surface area contributed by atoms with E-state index in [0.717, 1.165) is 12.8 Å². The molecule has 3 aromatic rings. The number of hydrogen-bond acceptors (Lipinski definition) is 5. The Kier molecular flexibility index (Phi) is 8.39. The Morgan fingerprint density at radius 1 is 1.03 bits per heavy atom. The van der Waals surface area contributed by atoms with E-state index in [2.05, 4.69) is 25.7 Å². The number of halogens is 6. The molecule has 1 aliphatic rings. The SMILES string of the molecule is CC[C@H](NC(=O)c1cc(C(F)(F)F)cc(C(F)(F)F)c1)c1ncnn1-c1ccc(NC(=O)C2CC2)cn1.S. The van der Waals surface area contributed by atoms with Gasteiger partial charge >= 0.3 is 12.4 Å². The lowest BCUT2D eigenvalue weighted by Crippen LogP contribution is -2.31. The maximum atomic E-state index is 13.2. The highest BCUT2D eigenvalue weighted by atomic mass is 32.1. The number of hydrogen-bond donors (Lipinski definition) is 2. The summed E-state index contributed by atoms with van der Waals surface area (Å²) in [7, 11) is 0. The second-order valence-corrected chi connectivity index (χ2v) is 8.43. The van der Waals surface area contributed by atoms with Gasteiger partial charge in [0.05, 0.1) is 29.1 Å². The van der Waals surface area contributed by atoms with Crippen LogP contribution in [0, 0.1) is 5.92 Å². The zero-order chi connectivity index (χ0) is 27.0. The summed E-state index contributed by atoms with van der Waals surface area (Å²) < 4.78 is 80.4. The van der Waals surface area contributed by atoms with Crippen LogP contribution in [0.15, 0.2) is 42.9 Å². The zero-order valence-corrected chi connectivity index (χ0v) is 20.7. The molecule has 0 spiro atoms. The first kappa shape index (κ1) is 28.9. The number of rotatable bonds is 7. The molecule has 8 nitrogen and oxygen atoms in total. The number of anilines is 1. The highest BCUT2D eigenvalue weighted by Crippen LogP contribution is 2.36. The average molecular weight is 561 g/mol. The third-order valence-corrected chi connectivity index (χ3v) is 5.63. The standard InChI is InChI=1S/C23H20F6N6O2.H2S/c1-2-17(34-21(37)13-7-14(22(24,25)26)9-15(8-13)23(27,28)29)19-31-11-32-35(19)18-6-5-16(10-30-18)33-20(36)12-3-4-12;/h5-12,17H,2-4H2,1H3,(H,33,36)(H,34,37);1H2/t17-;/m0./s1. The topological polar surface area (TPSA) is 102 Å². The van der Waals surface area contributed by atoms with Crippen LogP contribution in [0.1, 0.15) is 59.5 Å². The van der Waals surface area contributed by atoms with Crippen LogP contribution in [0.2, 0.25) is 0 Å². The predicted molar refractivity (Wildman–Crippen MR) is 128 cm³/mol. The first-order valence-electron chi connectivity index (χ1n) is 11.1. The van der Waals surface area contributed by atoms with Crippen molar-refractivity contribution < 1.29 is 35.9 Å². The molecule has 0 aliphatic heterocycles. The second-order valence-electron chi connectivity index (χ2n) is 8.43. The van der Waals surface area contributed by atoms with Gasteiger partial charge in [0.1, 0.15) is 6.33 Å². The third-order valence-electron chi connectivity index (χ3n) is 5.63. The van der Waals surface area contributed by atoms with Crippen LogP contribution in [0.5, 0.6) is 0 Å². The molecular formula is C23H22F6N6O2S. The van der Waals surface area contributed by atoms with Gasteiger partial charge in [-0.25, -0.2) is 9.97 Å². The quantitative estimate of drug-likeness (QED) is 0.394. The van der Waals surface area contributed by atoms with Crippen molar-refractivity contribution in [2.75, 3.05) is 5.32 Å². The van der Waals surface area contributed by atoms with E-state index in [0.29, 0.717) is 17.8 Å². The van der Waals surface area contributed by atoms with E-state index in [1.54, 1.807) is 13.0 Å². The Hall–Kier alpha value is -3.62. The molecule has 0 bridgehead atoms. The fraction of sp³-hybridized carbons (Fsp3) is 0.348. The van der Waals surface area contributed by atoms with Gasteiger partial charge in [0, 0.05) is 11.5 Å². The van der Waals surface area contributed by atoms with Crippen LogP contribution in [-0.2, 0) is 17.1 Å². The Balaban J connectivity index is 0.00000400. The highest BCUT2D eigenvalue weighted by molar-refractivity contribution is 7.59. The summed E-state index contributed by atoms with van der Waals surface area (Å²) in [4.78, 5) is 33.0. The van der Waals surface area contributed by atoms with Crippen LogP contribution >= 0.6 is 13.5 Å². The zero-order valence-electron chi connectivity index (χ0n) is 19.7. The number of amides is 2. The molecule has 2 heterocycles.